The molecule has 0 aliphatic carbocycles. The number of hydrogen-bond acceptors (Lipinski definition) is 3. The van der Waals surface area contributed by atoms with Gasteiger partial charge in [0.15, 0.2) is 0 Å². The Morgan fingerprint density at radius 2 is 1.94 bits per heavy atom. The molecule has 0 aliphatic heterocycles. The van der Waals surface area contributed by atoms with Crippen molar-refractivity contribution in [2.45, 2.75) is 24.8 Å². The van der Waals surface area contributed by atoms with E-state index in [0.29, 0.717) is 11.8 Å². The minimum Gasteiger partial charge on any atom is -0.348 e. The first-order chi connectivity index (χ1) is 8.54. The fourth-order valence-electron chi connectivity index (χ4n) is 1.55. The van der Waals surface area contributed by atoms with Crippen molar-refractivity contribution >= 4 is 17.7 Å². The van der Waals surface area contributed by atoms with Gasteiger partial charge in [0.25, 0.3) is 0 Å². The van der Waals surface area contributed by atoms with Gasteiger partial charge in [0.1, 0.15) is 0 Å². The molecule has 4 heteroatoms. The van der Waals surface area contributed by atoms with Crippen molar-refractivity contribution in [3.8, 4) is 0 Å². The smallest absolute Gasteiger partial charge is 0.232 e. The molecule has 100 valence electrons. The lowest BCUT2D eigenvalue weighted by molar-refractivity contribution is -0.125. The number of rotatable bonds is 6. The van der Waals surface area contributed by atoms with Gasteiger partial charge < -0.3 is 10.2 Å². The molecule has 0 saturated carbocycles. The molecule has 0 spiro atoms. The van der Waals surface area contributed by atoms with Crippen molar-refractivity contribution in [2.75, 3.05) is 26.4 Å². The predicted molar refractivity (Wildman–Crippen MR) is 78.0 cm³/mol. The highest BCUT2D eigenvalue weighted by Gasteiger charge is 2.06. The van der Waals surface area contributed by atoms with Crippen LogP contribution in [0.4, 0.5) is 0 Å². The summed E-state index contributed by atoms with van der Waals surface area (Å²) in [6.07, 6.45) is 0. The quantitative estimate of drug-likeness (QED) is 0.803. The summed E-state index contributed by atoms with van der Waals surface area (Å²) >= 11 is 1.58. The van der Waals surface area contributed by atoms with Crippen LogP contribution in [0.15, 0.2) is 29.2 Å². The van der Waals surface area contributed by atoms with E-state index in [-0.39, 0.29) is 5.91 Å². The highest BCUT2D eigenvalue weighted by Crippen LogP contribution is 2.21. The van der Waals surface area contributed by atoms with Crippen LogP contribution < -0.4 is 5.32 Å². The zero-order valence-corrected chi connectivity index (χ0v) is 12.4. The Morgan fingerprint density at radius 1 is 1.33 bits per heavy atom. The van der Waals surface area contributed by atoms with E-state index in [2.05, 4.69) is 43.4 Å². The highest BCUT2D eigenvalue weighted by molar-refractivity contribution is 8.00. The number of carbonyl (C=O) groups excluding carboxylic acids is 1. The van der Waals surface area contributed by atoms with Gasteiger partial charge in [-0.25, -0.2) is 0 Å². The maximum absolute atomic E-state index is 11.5. The maximum atomic E-state index is 11.5. The fraction of sp³-hybridized carbons (Fsp3) is 0.500. The summed E-state index contributed by atoms with van der Waals surface area (Å²) in [5, 5.41) is 3.38. The number of carbonyl (C=O) groups is 1. The Bertz CT molecular complexity index is 376. The molecule has 3 nitrogen and oxygen atoms in total. The highest BCUT2D eigenvalue weighted by atomic mass is 32.2. The van der Waals surface area contributed by atoms with Crippen molar-refractivity contribution in [3.63, 3.8) is 0 Å². The first kappa shape index (κ1) is 15.1. The van der Waals surface area contributed by atoms with Crippen LogP contribution in [0.5, 0.6) is 0 Å². The Balaban J connectivity index is 2.52. The molecule has 1 amide bonds. The fourth-order valence-corrected chi connectivity index (χ4v) is 2.43. The van der Waals surface area contributed by atoms with Crippen LogP contribution in [0.25, 0.3) is 0 Å². The van der Waals surface area contributed by atoms with Gasteiger partial charge in [0.05, 0.1) is 5.75 Å². The molecule has 1 atom stereocenters. The molecule has 0 heterocycles. The normalized spacial score (nSPS) is 12.2. The molecule has 0 radical (unpaired) electrons. The number of amides is 1. The van der Waals surface area contributed by atoms with Gasteiger partial charge >= 0.3 is 0 Å². The monoisotopic (exact) mass is 266 g/mol. The molecular formula is C14H22N2OS. The molecule has 0 bridgehead atoms. The summed E-state index contributed by atoms with van der Waals surface area (Å²) in [4.78, 5) is 14.2. The first-order valence-electron chi connectivity index (χ1n) is 6.21. The number of benzene rings is 1. The van der Waals surface area contributed by atoms with E-state index in [4.69, 9.17) is 0 Å². The third kappa shape index (κ3) is 4.70. The summed E-state index contributed by atoms with van der Waals surface area (Å²) in [6.45, 7) is 5.23. The zero-order valence-electron chi connectivity index (χ0n) is 11.6. The third-order valence-electron chi connectivity index (χ3n) is 2.75. The Labute approximate surface area is 114 Å². The summed E-state index contributed by atoms with van der Waals surface area (Å²) in [6, 6.07) is 8.77. The van der Waals surface area contributed by atoms with Crippen molar-refractivity contribution < 1.29 is 4.79 Å². The van der Waals surface area contributed by atoms with Crippen LogP contribution in [-0.2, 0) is 4.79 Å². The van der Waals surface area contributed by atoms with Gasteiger partial charge in [-0.15, -0.1) is 11.8 Å². The Morgan fingerprint density at radius 3 is 2.44 bits per heavy atom. The van der Waals surface area contributed by atoms with E-state index in [0.717, 1.165) is 11.4 Å². The molecule has 1 rings (SSSR count). The number of nitrogens with zero attached hydrogens (tertiary/aromatic N) is 1. The molecule has 0 saturated heterocycles. The second-order valence-corrected chi connectivity index (χ2v) is 5.47. The average molecular weight is 266 g/mol. The van der Waals surface area contributed by atoms with Crippen molar-refractivity contribution in [3.05, 3.63) is 29.8 Å². The second kappa shape index (κ2) is 7.44. The van der Waals surface area contributed by atoms with E-state index >= 15 is 0 Å². The van der Waals surface area contributed by atoms with Gasteiger partial charge in [0, 0.05) is 25.0 Å². The lowest BCUT2D eigenvalue weighted by Gasteiger charge is -2.13. The topological polar surface area (TPSA) is 32.3 Å². The minimum absolute atomic E-state index is 0.144. The average Bonchev–Trinajstić information content (AvgIpc) is 2.36. The van der Waals surface area contributed by atoms with E-state index < -0.39 is 0 Å². The summed E-state index contributed by atoms with van der Waals surface area (Å²) in [7, 11) is 3.56. The number of hydrogen-bond donors (Lipinski definition) is 1. The second-order valence-electron chi connectivity index (χ2n) is 4.43. The maximum Gasteiger partial charge on any atom is 0.232 e. The Kier molecular flexibility index (Phi) is 6.22. The predicted octanol–water partition coefficient (Wildman–Crippen LogP) is 2.54. The van der Waals surface area contributed by atoms with Gasteiger partial charge in [-0.1, -0.05) is 19.1 Å². The van der Waals surface area contributed by atoms with Gasteiger partial charge in [0.2, 0.25) is 5.91 Å². The molecule has 18 heavy (non-hydrogen) atoms. The van der Waals surface area contributed by atoms with Crippen LogP contribution in [0.2, 0.25) is 0 Å². The van der Waals surface area contributed by atoms with Crippen LogP contribution in [0, 0.1) is 0 Å². The Hall–Kier alpha value is -1.00. The van der Waals surface area contributed by atoms with Gasteiger partial charge in [-0.2, -0.15) is 0 Å². The lowest BCUT2D eigenvalue weighted by Crippen LogP contribution is -2.23. The van der Waals surface area contributed by atoms with Crippen molar-refractivity contribution in [1.29, 1.82) is 0 Å². The van der Waals surface area contributed by atoms with Crippen LogP contribution in [-0.4, -0.2) is 37.2 Å². The molecule has 1 aromatic rings. The SMILES string of the molecule is CCNC(C)c1ccc(SCC(=O)N(C)C)cc1. The van der Waals surface area contributed by atoms with Crippen LogP contribution >= 0.6 is 11.8 Å². The molecule has 1 aromatic carbocycles. The van der Waals surface area contributed by atoms with E-state index in [1.54, 1.807) is 30.8 Å². The van der Waals surface area contributed by atoms with Gasteiger partial charge in [-0.05, 0) is 31.2 Å². The van der Waals surface area contributed by atoms with E-state index in [1.165, 1.54) is 5.56 Å². The van der Waals surface area contributed by atoms with Crippen molar-refractivity contribution in [2.24, 2.45) is 0 Å². The largest absolute Gasteiger partial charge is 0.348 e. The summed E-state index contributed by atoms with van der Waals surface area (Å²) in [5.41, 5.74) is 1.28. The van der Waals surface area contributed by atoms with Crippen molar-refractivity contribution in [1.82, 2.24) is 10.2 Å². The standard InChI is InChI=1S/C14H22N2OS/c1-5-15-11(2)12-6-8-13(9-7-12)18-10-14(17)16(3)4/h6-9,11,15H,5,10H2,1-4H3. The molecule has 1 N–H and O–H groups in total. The zero-order chi connectivity index (χ0) is 13.5. The lowest BCUT2D eigenvalue weighted by atomic mass is 10.1. The van der Waals surface area contributed by atoms with Crippen LogP contribution in [0.1, 0.15) is 25.5 Å². The molecule has 0 fully saturated rings. The van der Waals surface area contributed by atoms with E-state index in [1.807, 2.05) is 0 Å². The molecule has 0 aliphatic rings. The first-order valence-corrected chi connectivity index (χ1v) is 7.19. The molecule has 0 aromatic heterocycles. The molecular weight excluding hydrogens is 244 g/mol. The molecule has 1 unspecified atom stereocenters. The number of thioether (sulfide) groups is 1. The van der Waals surface area contributed by atoms with E-state index in [9.17, 15) is 4.79 Å². The minimum atomic E-state index is 0.144. The van der Waals surface area contributed by atoms with Crippen LogP contribution in [0.3, 0.4) is 0 Å². The third-order valence-corrected chi connectivity index (χ3v) is 3.75. The summed E-state index contributed by atoms with van der Waals surface area (Å²) < 4.78 is 0. The number of nitrogens with one attached hydrogen (secondary N) is 1. The summed E-state index contributed by atoms with van der Waals surface area (Å²) in [5.74, 6) is 0.639. The van der Waals surface area contributed by atoms with Gasteiger partial charge in [-0.3, -0.25) is 4.79 Å².